The summed E-state index contributed by atoms with van der Waals surface area (Å²) in [6.45, 7) is 1.48. The quantitative estimate of drug-likeness (QED) is 0.786. The summed E-state index contributed by atoms with van der Waals surface area (Å²) >= 11 is 0. The summed E-state index contributed by atoms with van der Waals surface area (Å²) in [6, 6.07) is 8.19. The lowest BCUT2D eigenvalue weighted by Crippen LogP contribution is -2.18. The van der Waals surface area contributed by atoms with Gasteiger partial charge in [0, 0.05) is 5.56 Å². The Balaban J connectivity index is 1.75. The zero-order valence-corrected chi connectivity index (χ0v) is 12.0. The molecule has 1 atom stereocenters. The van der Waals surface area contributed by atoms with Crippen molar-refractivity contribution >= 4 is 13.2 Å². The minimum Gasteiger partial charge on any atom is -0.496 e. The van der Waals surface area contributed by atoms with Crippen molar-refractivity contribution in [1.29, 1.82) is 0 Å². The highest BCUT2D eigenvalue weighted by atomic mass is 16.6. The molecule has 4 heteroatoms. The number of hydrogen-bond donors (Lipinski definition) is 0. The number of rotatable bonds is 4. The highest BCUT2D eigenvalue weighted by molar-refractivity contribution is 6.45. The van der Waals surface area contributed by atoms with Crippen molar-refractivity contribution in [2.24, 2.45) is 5.92 Å². The Kier molecular flexibility index (Phi) is 4.43. The summed E-state index contributed by atoms with van der Waals surface area (Å²) < 4.78 is 16.6. The molecule has 0 amide bonds. The molecule has 0 aromatic heterocycles. The Labute approximate surface area is 121 Å². The third-order valence-corrected chi connectivity index (χ3v) is 4.19. The standard InChI is InChI=1S/C16H21BO3/c1-18-16-8-3-2-5-14(16)11-13-6-4-7-15(13)12-17-19-9-10-20-17/h2-3,5,8,11,15H,4,6-7,9-10,12H2,1H3/b13-11+. The van der Waals surface area contributed by atoms with Crippen LogP contribution < -0.4 is 4.74 Å². The lowest BCUT2D eigenvalue weighted by molar-refractivity contribution is 0.365. The third-order valence-electron chi connectivity index (χ3n) is 4.19. The largest absolute Gasteiger partial charge is 0.496 e. The summed E-state index contributed by atoms with van der Waals surface area (Å²) in [5.74, 6) is 1.53. The predicted molar refractivity (Wildman–Crippen MR) is 80.8 cm³/mol. The van der Waals surface area contributed by atoms with Crippen LogP contribution in [0.2, 0.25) is 6.32 Å². The molecular weight excluding hydrogens is 251 g/mol. The zero-order valence-electron chi connectivity index (χ0n) is 12.0. The number of ether oxygens (including phenoxy) is 1. The normalized spacial score (nSPS) is 24.6. The van der Waals surface area contributed by atoms with Crippen molar-refractivity contribution in [2.75, 3.05) is 20.3 Å². The van der Waals surface area contributed by atoms with Gasteiger partial charge < -0.3 is 14.0 Å². The van der Waals surface area contributed by atoms with E-state index in [1.165, 1.54) is 30.4 Å². The average Bonchev–Trinajstić information content (AvgIpc) is 3.13. The summed E-state index contributed by atoms with van der Waals surface area (Å²) in [4.78, 5) is 0. The second kappa shape index (κ2) is 6.46. The molecule has 1 heterocycles. The summed E-state index contributed by atoms with van der Waals surface area (Å²) in [5, 5.41) is 0. The van der Waals surface area contributed by atoms with Gasteiger partial charge in [0.1, 0.15) is 5.75 Å². The molecule has 0 N–H and O–H groups in total. The van der Waals surface area contributed by atoms with E-state index in [0.717, 1.165) is 25.3 Å². The van der Waals surface area contributed by atoms with Crippen LogP contribution in [0.15, 0.2) is 29.8 Å². The second-order valence-electron chi connectivity index (χ2n) is 5.46. The van der Waals surface area contributed by atoms with E-state index in [1.54, 1.807) is 7.11 Å². The van der Waals surface area contributed by atoms with Crippen molar-refractivity contribution in [3.05, 3.63) is 35.4 Å². The Morgan fingerprint density at radius 3 is 2.90 bits per heavy atom. The van der Waals surface area contributed by atoms with E-state index in [2.05, 4.69) is 18.2 Å². The summed E-state index contributed by atoms with van der Waals surface area (Å²) in [7, 11) is 1.73. The molecule has 1 unspecified atom stereocenters. The van der Waals surface area contributed by atoms with E-state index in [1.807, 2.05) is 12.1 Å². The number of hydrogen-bond acceptors (Lipinski definition) is 3. The van der Waals surface area contributed by atoms with Crippen LogP contribution in [0.4, 0.5) is 0 Å². The van der Waals surface area contributed by atoms with Gasteiger partial charge in [-0.05, 0) is 37.6 Å². The van der Waals surface area contributed by atoms with Crippen molar-refractivity contribution in [2.45, 2.75) is 25.6 Å². The molecule has 2 aliphatic rings. The highest BCUT2D eigenvalue weighted by Crippen LogP contribution is 2.37. The first kappa shape index (κ1) is 13.7. The first-order valence-electron chi connectivity index (χ1n) is 7.43. The molecule has 1 aromatic carbocycles. The van der Waals surface area contributed by atoms with Crippen LogP contribution in [0.25, 0.3) is 6.08 Å². The maximum Gasteiger partial charge on any atom is 0.457 e. The van der Waals surface area contributed by atoms with Gasteiger partial charge in [-0.25, -0.2) is 0 Å². The van der Waals surface area contributed by atoms with Crippen LogP contribution >= 0.6 is 0 Å². The molecule has 1 saturated heterocycles. The van der Waals surface area contributed by atoms with Crippen LogP contribution in [0.5, 0.6) is 5.75 Å². The lowest BCUT2D eigenvalue weighted by atomic mass is 9.75. The van der Waals surface area contributed by atoms with Crippen LogP contribution in [-0.4, -0.2) is 27.4 Å². The summed E-state index contributed by atoms with van der Waals surface area (Å²) in [5.41, 5.74) is 2.68. The maximum absolute atomic E-state index is 5.58. The Bertz CT molecular complexity index is 480. The van der Waals surface area contributed by atoms with E-state index < -0.39 is 0 Å². The fourth-order valence-corrected chi connectivity index (χ4v) is 3.16. The highest BCUT2D eigenvalue weighted by Gasteiger charge is 2.31. The topological polar surface area (TPSA) is 27.7 Å². The minimum absolute atomic E-state index is 0.000770. The zero-order chi connectivity index (χ0) is 13.8. The Morgan fingerprint density at radius 1 is 1.30 bits per heavy atom. The van der Waals surface area contributed by atoms with E-state index in [9.17, 15) is 0 Å². The van der Waals surface area contributed by atoms with Gasteiger partial charge in [-0.1, -0.05) is 29.8 Å². The number of para-hydroxylation sites is 1. The molecule has 2 fully saturated rings. The van der Waals surface area contributed by atoms with Gasteiger partial charge in [-0.2, -0.15) is 0 Å². The van der Waals surface area contributed by atoms with Crippen LogP contribution in [0.3, 0.4) is 0 Å². The monoisotopic (exact) mass is 272 g/mol. The molecule has 3 nitrogen and oxygen atoms in total. The molecule has 1 aliphatic carbocycles. The van der Waals surface area contributed by atoms with Gasteiger partial charge in [-0.3, -0.25) is 0 Å². The van der Waals surface area contributed by atoms with Crippen LogP contribution in [0.1, 0.15) is 24.8 Å². The molecule has 1 aliphatic heterocycles. The van der Waals surface area contributed by atoms with Crippen LogP contribution in [-0.2, 0) is 9.31 Å². The van der Waals surface area contributed by atoms with E-state index in [4.69, 9.17) is 14.0 Å². The fraction of sp³-hybridized carbons (Fsp3) is 0.500. The van der Waals surface area contributed by atoms with Gasteiger partial charge in [-0.15, -0.1) is 0 Å². The number of benzene rings is 1. The molecule has 20 heavy (non-hydrogen) atoms. The maximum atomic E-state index is 5.58. The van der Waals surface area contributed by atoms with Gasteiger partial charge >= 0.3 is 7.12 Å². The SMILES string of the molecule is COc1ccccc1/C=C1\CCCC1CB1OCCO1. The molecule has 0 bridgehead atoms. The number of allylic oxidation sites excluding steroid dienone is 1. The van der Waals surface area contributed by atoms with Gasteiger partial charge in [0.2, 0.25) is 0 Å². The van der Waals surface area contributed by atoms with E-state index in [-0.39, 0.29) is 7.12 Å². The Morgan fingerprint density at radius 2 is 2.10 bits per heavy atom. The smallest absolute Gasteiger partial charge is 0.457 e. The van der Waals surface area contributed by atoms with Crippen molar-refractivity contribution in [3.8, 4) is 5.75 Å². The molecule has 106 valence electrons. The number of methoxy groups -OCH3 is 1. The predicted octanol–water partition coefficient (Wildman–Crippen LogP) is 3.41. The molecule has 0 spiro atoms. The first-order valence-corrected chi connectivity index (χ1v) is 7.43. The Hall–Kier alpha value is -1.26. The van der Waals surface area contributed by atoms with Gasteiger partial charge in [0.25, 0.3) is 0 Å². The van der Waals surface area contributed by atoms with E-state index in [0.29, 0.717) is 5.92 Å². The first-order chi connectivity index (χ1) is 9.86. The summed E-state index contributed by atoms with van der Waals surface area (Å²) in [6.07, 6.45) is 6.96. The molecule has 1 aromatic rings. The minimum atomic E-state index is -0.000770. The van der Waals surface area contributed by atoms with E-state index >= 15 is 0 Å². The molecule has 1 saturated carbocycles. The van der Waals surface area contributed by atoms with Crippen molar-refractivity contribution < 1.29 is 14.0 Å². The molecular formula is C16H21BO3. The fourth-order valence-electron chi connectivity index (χ4n) is 3.16. The molecule has 3 rings (SSSR count). The van der Waals surface area contributed by atoms with Gasteiger partial charge in [0.05, 0.1) is 20.3 Å². The molecule has 0 radical (unpaired) electrons. The second-order valence-corrected chi connectivity index (χ2v) is 5.46. The van der Waals surface area contributed by atoms with Crippen molar-refractivity contribution in [1.82, 2.24) is 0 Å². The third kappa shape index (κ3) is 3.07. The van der Waals surface area contributed by atoms with Crippen LogP contribution in [0, 0.1) is 5.92 Å². The lowest BCUT2D eigenvalue weighted by Gasteiger charge is -2.14. The van der Waals surface area contributed by atoms with Crippen molar-refractivity contribution in [3.63, 3.8) is 0 Å². The average molecular weight is 272 g/mol. The van der Waals surface area contributed by atoms with Gasteiger partial charge in [0.15, 0.2) is 0 Å².